The van der Waals surface area contributed by atoms with Gasteiger partial charge in [-0.25, -0.2) is 0 Å². The van der Waals surface area contributed by atoms with E-state index >= 15 is 14.4 Å². The Morgan fingerprint density at radius 1 is 0.657 bits per heavy atom. The Hall–Kier alpha value is -7.32. The zero-order valence-electron chi connectivity index (χ0n) is 60.1. The van der Waals surface area contributed by atoms with Crippen molar-refractivity contribution in [3.63, 3.8) is 0 Å². The first-order valence-electron chi connectivity index (χ1n) is 35.5. The summed E-state index contributed by atoms with van der Waals surface area (Å²) < 4.78 is 41.5. The predicted octanol–water partition coefficient (Wildman–Crippen LogP) is 5.72. The van der Waals surface area contributed by atoms with E-state index in [0.29, 0.717) is 45.2 Å². The molecule has 0 radical (unpaired) electrons. The largest absolute Gasteiger partial charge is 0.417 e. The number of likely N-dealkylation sites (tertiary alicyclic amines) is 1. The minimum Gasteiger partial charge on any atom is -0.342 e. The van der Waals surface area contributed by atoms with Crippen molar-refractivity contribution >= 4 is 88.6 Å². The van der Waals surface area contributed by atoms with Crippen LogP contribution in [0.1, 0.15) is 175 Å². The summed E-state index contributed by atoms with van der Waals surface area (Å²) in [6, 6.07) is -8.32. The van der Waals surface area contributed by atoms with Gasteiger partial charge in [-0.3, -0.25) is 57.5 Å². The number of amides is 12. The van der Waals surface area contributed by atoms with Gasteiger partial charge in [0.25, 0.3) is 0 Å². The molecule has 0 aromatic heterocycles. The third-order valence-electron chi connectivity index (χ3n) is 21.6. The molecule has 0 unspecified atom stereocenters. The van der Waals surface area contributed by atoms with Gasteiger partial charge in [0.15, 0.2) is 0 Å². The van der Waals surface area contributed by atoms with Crippen molar-refractivity contribution in [2.24, 2.45) is 23.7 Å². The normalized spacial score (nSPS) is 27.9. The van der Waals surface area contributed by atoms with Gasteiger partial charge in [-0.2, -0.15) is 13.2 Å². The molecule has 2 aliphatic carbocycles. The fourth-order valence-electron chi connectivity index (χ4n) is 14.8. The van der Waals surface area contributed by atoms with Crippen molar-refractivity contribution < 1.29 is 70.7 Å². The molecule has 1 spiro atoms. The summed E-state index contributed by atoms with van der Waals surface area (Å²) in [6.07, 6.45) is 5.90. The maximum absolute atomic E-state index is 15.3. The molecule has 6 aliphatic rings. The summed E-state index contributed by atoms with van der Waals surface area (Å²) in [4.78, 5) is 191. The van der Waals surface area contributed by atoms with Crippen LogP contribution in [0.5, 0.6) is 0 Å². The highest BCUT2D eigenvalue weighted by molar-refractivity contribution is 6.31. The number of halogens is 4. The molecule has 0 bridgehead atoms. The molecule has 28 heteroatoms. The number of carbonyl (C=O) groups is 12. The molecule has 4 aliphatic heterocycles. The van der Waals surface area contributed by atoms with Crippen molar-refractivity contribution in [2.75, 3.05) is 75.0 Å². The molecule has 550 valence electrons. The van der Waals surface area contributed by atoms with Gasteiger partial charge in [0.05, 0.1) is 23.6 Å². The number of carbonyl (C=O) groups excluding carboxylic acids is 12. The van der Waals surface area contributed by atoms with Crippen LogP contribution in [-0.4, -0.2) is 250 Å². The molecular weight excluding hydrogens is 1310 g/mol. The van der Waals surface area contributed by atoms with Gasteiger partial charge in [-0.05, 0) is 119 Å². The quantitative estimate of drug-likeness (QED) is 0.254. The van der Waals surface area contributed by atoms with E-state index in [1.165, 1.54) is 95.7 Å². The average molecular weight is 1410 g/mol. The van der Waals surface area contributed by atoms with Gasteiger partial charge in [0.2, 0.25) is 70.9 Å². The molecule has 7 rings (SSSR count). The number of hydrogen-bond donors (Lipinski definition) is 3. The number of nitrogens with zero attached hydrogens (tertiary/aromatic N) is 9. The van der Waals surface area contributed by atoms with Crippen molar-refractivity contribution in [1.29, 1.82) is 0 Å². The third-order valence-corrected chi connectivity index (χ3v) is 21.9. The molecule has 1 aromatic rings. The lowest BCUT2D eigenvalue weighted by atomic mass is 9.75. The number of likely N-dealkylation sites (N-methyl/N-ethyl adjacent to an activating group) is 6. The molecule has 99 heavy (non-hydrogen) atoms. The van der Waals surface area contributed by atoms with E-state index in [0.717, 1.165) is 61.6 Å². The Bertz CT molecular complexity index is 3190. The number of fused-ring (bicyclic) bond motifs is 2. The minimum absolute atomic E-state index is 0.000404. The molecular formula is C71H106ClF3N12O12. The van der Waals surface area contributed by atoms with Crippen molar-refractivity contribution in [3.05, 3.63) is 40.4 Å². The van der Waals surface area contributed by atoms with Crippen LogP contribution < -0.4 is 16.0 Å². The van der Waals surface area contributed by atoms with E-state index in [2.05, 4.69) is 16.0 Å². The standard InChI is InChI=1S/C71H106ClF3N12O12/c1-14-44(6)58-67(97)80(9)45(7)62(92)87-36-30-52(87)65(95)82(11)54(39-46-23-17-15-18-24-46)64(94)79(8)41-56(88)76-50(29-27-47-26-28-48(49(72)38-47)71(73,74)75)63(93)86-35-21-25-51(86)61(91)78-70(31-22-32-70)69(99)84(13)59(43(4)5)68(98)83(12)55(66(96)85-33-19-16-20-34-85)40-57(89)81(10)53(37-42(2)3)60(90)77-58/h26-29,38,42-46,50-55,58-59H,14-25,30-37,39-41H2,1-13H3,(H,76,88)(H,77,90)(H,78,91)/b29-27+/t44-,45-,50-,51-,52-,53-,54-,55-,58-,59-/m0/s1. The predicted molar refractivity (Wildman–Crippen MR) is 365 cm³/mol. The molecule has 6 fully saturated rings. The molecule has 2 saturated carbocycles. The lowest BCUT2D eigenvalue weighted by Gasteiger charge is -2.46. The van der Waals surface area contributed by atoms with Gasteiger partial charge in [0, 0.05) is 68.5 Å². The van der Waals surface area contributed by atoms with E-state index in [4.69, 9.17) is 11.6 Å². The Balaban J connectivity index is 1.29. The van der Waals surface area contributed by atoms with E-state index < -0.39 is 172 Å². The summed E-state index contributed by atoms with van der Waals surface area (Å²) >= 11 is 6.11. The van der Waals surface area contributed by atoms with Crippen LogP contribution in [0, 0.1) is 23.7 Å². The Morgan fingerprint density at radius 3 is 1.86 bits per heavy atom. The van der Waals surface area contributed by atoms with E-state index in [1.54, 1.807) is 25.7 Å². The smallest absolute Gasteiger partial charge is 0.342 e. The first-order chi connectivity index (χ1) is 46.5. The van der Waals surface area contributed by atoms with Crippen molar-refractivity contribution in [2.45, 2.75) is 230 Å². The summed E-state index contributed by atoms with van der Waals surface area (Å²) in [5.74, 6) is -9.16. The maximum atomic E-state index is 15.3. The molecule has 12 amide bonds. The summed E-state index contributed by atoms with van der Waals surface area (Å²) in [6.45, 7) is 12.5. The monoisotopic (exact) mass is 1410 g/mol. The minimum atomic E-state index is -4.78. The number of nitrogens with one attached hydrogen (secondary N) is 3. The summed E-state index contributed by atoms with van der Waals surface area (Å²) in [5, 5.41) is 7.92. The second kappa shape index (κ2) is 33.9. The Kier molecular flexibility index (Phi) is 27.1. The lowest BCUT2D eigenvalue weighted by Crippen LogP contribution is -2.68. The highest BCUT2D eigenvalue weighted by atomic mass is 35.5. The van der Waals surface area contributed by atoms with E-state index in [9.17, 15) is 56.3 Å². The first kappa shape index (κ1) is 79.0. The van der Waals surface area contributed by atoms with Gasteiger partial charge in [-0.15, -0.1) is 0 Å². The van der Waals surface area contributed by atoms with Gasteiger partial charge < -0.3 is 60.0 Å². The second-order valence-corrected chi connectivity index (χ2v) is 29.7. The number of benzene rings is 1. The van der Waals surface area contributed by atoms with Crippen molar-refractivity contribution in [1.82, 2.24) is 60.0 Å². The van der Waals surface area contributed by atoms with Crippen LogP contribution in [0.2, 0.25) is 5.02 Å². The molecule has 10 atom stereocenters. The van der Waals surface area contributed by atoms with E-state index in [1.807, 2.05) is 20.8 Å². The van der Waals surface area contributed by atoms with Gasteiger partial charge in [-0.1, -0.05) is 110 Å². The molecule has 3 N–H and O–H groups in total. The average Bonchev–Trinajstić information content (AvgIpc) is 1.76. The molecule has 24 nitrogen and oxygen atoms in total. The molecule has 4 heterocycles. The van der Waals surface area contributed by atoms with Crippen LogP contribution in [0.25, 0.3) is 6.08 Å². The highest BCUT2D eigenvalue weighted by Gasteiger charge is 2.53. The summed E-state index contributed by atoms with van der Waals surface area (Å²) in [7, 11) is 8.53. The Morgan fingerprint density at radius 2 is 1.29 bits per heavy atom. The van der Waals surface area contributed by atoms with E-state index in [-0.39, 0.29) is 69.0 Å². The van der Waals surface area contributed by atoms with Crippen LogP contribution >= 0.6 is 11.6 Å². The van der Waals surface area contributed by atoms with Crippen LogP contribution in [0.3, 0.4) is 0 Å². The number of rotatable bonds is 10. The molecule has 4 saturated heterocycles. The topological polar surface area (TPSA) is 270 Å². The number of hydrogen-bond acceptors (Lipinski definition) is 12. The zero-order chi connectivity index (χ0) is 73.3. The third kappa shape index (κ3) is 18.4. The van der Waals surface area contributed by atoms with Crippen LogP contribution in [-0.2, 0) is 63.7 Å². The van der Waals surface area contributed by atoms with Gasteiger partial charge in [0.1, 0.15) is 59.9 Å². The zero-order valence-corrected chi connectivity index (χ0v) is 60.8. The second-order valence-electron chi connectivity index (χ2n) is 29.3. The van der Waals surface area contributed by atoms with Gasteiger partial charge >= 0.3 is 6.18 Å². The lowest BCUT2D eigenvalue weighted by molar-refractivity contribution is -0.160. The fourth-order valence-corrected chi connectivity index (χ4v) is 15.1. The fraction of sp³-hybridized carbons (Fsp3) is 0.718. The Labute approximate surface area is 586 Å². The van der Waals surface area contributed by atoms with Crippen LogP contribution in [0.4, 0.5) is 13.2 Å². The van der Waals surface area contributed by atoms with Crippen molar-refractivity contribution in [3.8, 4) is 0 Å². The highest BCUT2D eigenvalue weighted by Crippen LogP contribution is 2.38. The molecule has 1 aromatic carbocycles. The summed E-state index contributed by atoms with van der Waals surface area (Å²) in [5.41, 5.74) is -2.56. The SMILES string of the molecule is CC[C@H](C)[C@@H]1NC(=O)[C@H](CC(C)C)N(C)C(=O)C[C@@H](C(=O)N2CCCCC2)N(C)C(=O)[C@H](C(C)C)N(C)C(=O)C2(CCC2)NC(=O)[C@@H]2CCCN2C(=O)[C@H](/C=C/c2ccc(C(F)(F)F)c(Cl)c2)NC(=O)CN(C)C(=O)[C@H](CC2CCCCC2)N(C)C(=O)[C@@H]2CCN2C(=O)[C@H](C)N(C)C1=O. The number of piperidine rings is 1. The maximum Gasteiger partial charge on any atom is 0.417 e. The number of alkyl halides is 3. The van der Waals surface area contributed by atoms with Crippen LogP contribution in [0.15, 0.2) is 24.3 Å². The first-order valence-corrected chi connectivity index (χ1v) is 35.9.